The first-order valence-electron chi connectivity index (χ1n) is 10.6. The summed E-state index contributed by atoms with van der Waals surface area (Å²) < 4.78 is 31.6. The molecule has 0 atom stereocenters. The van der Waals surface area contributed by atoms with Gasteiger partial charge in [0.1, 0.15) is 0 Å². The van der Waals surface area contributed by atoms with Gasteiger partial charge in [0.15, 0.2) is 18.9 Å². The van der Waals surface area contributed by atoms with E-state index in [9.17, 15) is 14.4 Å². The lowest BCUT2D eigenvalue weighted by molar-refractivity contribution is -0.386. The Kier molecular flexibility index (Phi) is 14.1. The number of esters is 3. The van der Waals surface area contributed by atoms with E-state index in [-0.39, 0.29) is 17.9 Å². The first-order chi connectivity index (χ1) is 14.5. The van der Waals surface area contributed by atoms with Crippen LogP contribution in [0.2, 0.25) is 0 Å². The monoisotopic (exact) mass is 432 g/mol. The molecule has 9 heteroatoms. The van der Waals surface area contributed by atoms with Gasteiger partial charge in [-0.3, -0.25) is 14.4 Å². The average molecular weight is 433 g/mol. The Bertz CT molecular complexity index is 431. The van der Waals surface area contributed by atoms with Crippen LogP contribution in [-0.2, 0) is 42.8 Å². The van der Waals surface area contributed by atoms with Crippen molar-refractivity contribution in [2.75, 3.05) is 21.3 Å². The quantitative estimate of drug-likeness (QED) is 0.219. The molecule has 0 aromatic rings. The van der Waals surface area contributed by atoms with E-state index < -0.39 is 18.9 Å². The minimum absolute atomic E-state index is 0.226. The van der Waals surface area contributed by atoms with Crippen LogP contribution in [-0.4, -0.2) is 58.1 Å². The van der Waals surface area contributed by atoms with Gasteiger partial charge in [0.05, 0.1) is 21.3 Å². The molecular formula is C21H36O9. The number of hydrogen-bond acceptors (Lipinski definition) is 9. The molecule has 0 radical (unpaired) electrons. The normalized spacial score (nSPS) is 21.1. The number of hydrogen-bond donors (Lipinski definition) is 0. The SMILES string of the molecule is COC(=O)CCCCC1OC(CCCCC(=O)OC)OC(CCCCC(=O)OC)O1. The second kappa shape index (κ2) is 16.0. The molecular weight excluding hydrogens is 396 g/mol. The summed E-state index contributed by atoms with van der Waals surface area (Å²) in [5.41, 5.74) is 0. The number of methoxy groups -OCH3 is 3. The third-order valence-corrected chi connectivity index (χ3v) is 4.81. The van der Waals surface area contributed by atoms with Crippen molar-refractivity contribution in [3.8, 4) is 0 Å². The smallest absolute Gasteiger partial charge is 0.305 e. The van der Waals surface area contributed by atoms with Gasteiger partial charge < -0.3 is 28.4 Å². The van der Waals surface area contributed by atoms with E-state index in [0.717, 1.165) is 19.3 Å². The van der Waals surface area contributed by atoms with Crippen LogP contribution in [0.3, 0.4) is 0 Å². The molecule has 174 valence electrons. The molecule has 0 saturated carbocycles. The molecule has 1 aliphatic heterocycles. The Labute approximate surface area is 178 Å². The third-order valence-electron chi connectivity index (χ3n) is 4.81. The fraction of sp³-hybridized carbons (Fsp3) is 0.857. The molecule has 0 aromatic carbocycles. The number of carbonyl (C=O) groups is 3. The van der Waals surface area contributed by atoms with Crippen molar-refractivity contribution in [1.29, 1.82) is 0 Å². The molecule has 1 fully saturated rings. The highest BCUT2D eigenvalue weighted by Gasteiger charge is 2.30. The number of carbonyl (C=O) groups excluding carboxylic acids is 3. The van der Waals surface area contributed by atoms with Gasteiger partial charge in [-0.1, -0.05) is 0 Å². The van der Waals surface area contributed by atoms with Crippen molar-refractivity contribution in [2.24, 2.45) is 0 Å². The van der Waals surface area contributed by atoms with Crippen LogP contribution < -0.4 is 0 Å². The van der Waals surface area contributed by atoms with Crippen molar-refractivity contribution < 1.29 is 42.8 Å². The van der Waals surface area contributed by atoms with Crippen LogP contribution >= 0.6 is 0 Å². The standard InChI is InChI=1S/C21H36O9/c1-25-16(22)10-4-7-13-19-28-20(14-8-5-11-17(23)26-2)30-21(29-19)15-9-6-12-18(24)27-3/h19-21H,4-15H2,1-3H3. The third kappa shape index (κ3) is 12.1. The van der Waals surface area contributed by atoms with E-state index in [2.05, 4.69) is 14.2 Å². The molecule has 0 unspecified atom stereocenters. The van der Waals surface area contributed by atoms with Gasteiger partial charge in [0, 0.05) is 19.3 Å². The summed E-state index contributed by atoms with van der Waals surface area (Å²) in [6, 6.07) is 0. The van der Waals surface area contributed by atoms with Crippen LogP contribution in [0.1, 0.15) is 77.0 Å². The predicted octanol–water partition coefficient (Wildman–Crippen LogP) is 3.23. The minimum Gasteiger partial charge on any atom is -0.469 e. The Morgan fingerprint density at radius 3 is 1.03 bits per heavy atom. The summed E-state index contributed by atoms with van der Waals surface area (Å²) in [4.78, 5) is 33.7. The molecule has 0 bridgehead atoms. The van der Waals surface area contributed by atoms with Gasteiger partial charge in [0.25, 0.3) is 0 Å². The molecule has 30 heavy (non-hydrogen) atoms. The molecule has 0 N–H and O–H groups in total. The summed E-state index contributed by atoms with van der Waals surface area (Å²) in [5.74, 6) is -0.678. The Balaban J connectivity index is 2.42. The maximum Gasteiger partial charge on any atom is 0.305 e. The predicted molar refractivity (Wildman–Crippen MR) is 106 cm³/mol. The van der Waals surface area contributed by atoms with E-state index >= 15 is 0 Å². The lowest BCUT2D eigenvalue weighted by Crippen LogP contribution is -2.40. The zero-order valence-corrected chi connectivity index (χ0v) is 18.4. The number of ether oxygens (including phenoxy) is 6. The molecule has 9 nitrogen and oxygen atoms in total. The molecule has 1 aliphatic rings. The Hall–Kier alpha value is -1.71. The van der Waals surface area contributed by atoms with Crippen molar-refractivity contribution >= 4 is 17.9 Å². The van der Waals surface area contributed by atoms with Gasteiger partial charge in [-0.05, 0) is 57.8 Å². The fourth-order valence-corrected chi connectivity index (χ4v) is 3.06. The highest BCUT2D eigenvalue weighted by atomic mass is 16.9. The first kappa shape index (κ1) is 26.3. The molecule has 0 amide bonds. The maximum absolute atomic E-state index is 11.2. The second-order valence-corrected chi connectivity index (χ2v) is 7.16. The minimum atomic E-state index is -0.410. The molecule has 1 heterocycles. The lowest BCUT2D eigenvalue weighted by Gasteiger charge is -2.36. The molecule has 0 spiro atoms. The van der Waals surface area contributed by atoms with Gasteiger partial charge in [-0.2, -0.15) is 0 Å². The van der Waals surface area contributed by atoms with Crippen molar-refractivity contribution in [1.82, 2.24) is 0 Å². The van der Waals surface area contributed by atoms with E-state index in [1.165, 1.54) is 21.3 Å². The topological polar surface area (TPSA) is 107 Å². The molecule has 1 saturated heterocycles. The van der Waals surface area contributed by atoms with Gasteiger partial charge >= 0.3 is 17.9 Å². The highest BCUT2D eigenvalue weighted by Crippen LogP contribution is 2.26. The van der Waals surface area contributed by atoms with Crippen molar-refractivity contribution in [3.05, 3.63) is 0 Å². The van der Waals surface area contributed by atoms with Gasteiger partial charge in [-0.15, -0.1) is 0 Å². The summed E-state index contributed by atoms with van der Waals surface area (Å²) in [7, 11) is 4.13. The number of unbranched alkanes of at least 4 members (excludes halogenated alkanes) is 3. The van der Waals surface area contributed by atoms with Crippen LogP contribution in [0.4, 0.5) is 0 Å². The average Bonchev–Trinajstić information content (AvgIpc) is 2.76. The second-order valence-electron chi connectivity index (χ2n) is 7.16. The molecule has 0 aliphatic carbocycles. The highest BCUT2D eigenvalue weighted by molar-refractivity contribution is 5.69. The van der Waals surface area contributed by atoms with E-state index in [4.69, 9.17) is 14.2 Å². The van der Waals surface area contributed by atoms with Crippen molar-refractivity contribution in [3.63, 3.8) is 0 Å². The zero-order chi connectivity index (χ0) is 22.2. The van der Waals surface area contributed by atoms with Crippen LogP contribution in [0.25, 0.3) is 0 Å². The first-order valence-corrected chi connectivity index (χ1v) is 10.6. The molecule has 1 rings (SSSR count). The van der Waals surface area contributed by atoms with Gasteiger partial charge in [0.2, 0.25) is 0 Å². The summed E-state index contributed by atoms with van der Waals surface area (Å²) in [5, 5.41) is 0. The fourth-order valence-electron chi connectivity index (χ4n) is 3.06. The molecule has 0 aromatic heterocycles. The summed E-state index contributed by atoms with van der Waals surface area (Å²) in [6.07, 6.45) is 6.23. The van der Waals surface area contributed by atoms with E-state index in [0.29, 0.717) is 57.8 Å². The maximum atomic E-state index is 11.2. The summed E-state index contributed by atoms with van der Waals surface area (Å²) >= 11 is 0. The Morgan fingerprint density at radius 1 is 0.533 bits per heavy atom. The zero-order valence-electron chi connectivity index (χ0n) is 18.4. The Morgan fingerprint density at radius 2 is 0.800 bits per heavy atom. The van der Waals surface area contributed by atoms with Crippen LogP contribution in [0.15, 0.2) is 0 Å². The number of rotatable bonds is 15. The van der Waals surface area contributed by atoms with Gasteiger partial charge in [-0.25, -0.2) is 0 Å². The summed E-state index contributed by atoms with van der Waals surface area (Å²) in [6.45, 7) is 0. The largest absolute Gasteiger partial charge is 0.469 e. The van der Waals surface area contributed by atoms with Crippen LogP contribution in [0, 0.1) is 0 Å². The van der Waals surface area contributed by atoms with E-state index in [1.54, 1.807) is 0 Å². The lowest BCUT2D eigenvalue weighted by atomic mass is 10.1. The van der Waals surface area contributed by atoms with Crippen LogP contribution in [0.5, 0.6) is 0 Å². The van der Waals surface area contributed by atoms with E-state index in [1.807, 2.05) is 0 Å². The van der Waals surface area contributed by atoms with Crippen molar-refractivity contribution in [2.45, 2.75) is 95.9 Å².